The summed E-state index contributed by atoms with van der Waals surface area (Å²) in [6.45, 7) is 2.90. The number of amides is 2. The van der Waals surface area contributed by atoms with Gasteiger partial charge < -0.3 is 20.2 Å². The maximum absolute atomic E-state index is 12.0. The van der Waals surface area contributed by atoms with Crippen LogP contribution in [0.3, 0.4) is 0 Å². The van der Waals surface area contributed by atoms with E-state index in [1.807, 2.05) is 11.9 Å². The van der Waals surface area contributed by atoms with Crippen molar-refractivity contribution >= 4 is 12.0 Å². The number of carbonyl (C=O) groups is 2. The smallest absolute Gasteiger partial charge is 0.319 e. The normalized spacial score (nSPS) is 19.0. The molecule has 6 heteroatoms. The number of aliphatic carboxylic acids is 1. The Hall–Kier alpha value is -1.30. The minimum atomic E-state index is -0.758. The van der Waals surface area contributed by atoms with E-state index in [1.54, 1.807) is 11.9 Å². The van der Waals surface area contributed by atoms with Crippen LogP contribution in [0.2, 0.25) is 0 Å². The average Bonchev–Trinajstić information content (AvgIpc) is 2.81. The Kier molecular flexibility index (Phi) is 5.91. The fourth-order valence-electron chi connectivity index (χ4n) is 2.19. The van der Waals surface area contributed by atoms with E-state index in [9.17, 15) is 9.59 Å². The highest BCUT2D eigenvalue weighted by Crippen LogP contribution is 2.21. The number of hydrogen-bond donors (Lipinski definition) is 2. The van der Waals surface area contributed by atoms with Crippen LogP contribution in [0.4, 0.5) is 4.79 Å². The van der Waals surface area contributed by atoms with E-state index in [1.165, 1.54) is 0 Å². The van der Waals surface area contributed by atoms with Gasteiger partial charge in [0.05, 0.1) is 0 Å². The molecule has 0 saturated carbocycles. The molecule has 18 heavy (non-hydrogen) atoms. The first kappa shape index (κ1) is 14.8. The van der Waals surface area contributed by atoms with E-state index in [0.29, 0.717) is 25.4 Å². The number of hydrogen-bond acceptors (Lipinski definition) is 3. The third-order valence-corrected chi connectivity index (χ3v) is 3.35. The first-order valence-electron chi connectivity index (χ1n) is 6.41. The lowest BCUT2D eigenvalue weighted by Crippen LogP contribution is -2.42. The predicted octanol–water partition coefficient (Wildman–Crippen LogP) is 0.444. The molecule has 1 rings (SSSR count). The van der Waals surface area contributed by atoms with E-state index in [4.69, 9.17) is 5.11 Å². The van der Waals surface area contributed by atoms with E-state index >= 15 is 0 Å². The Morgan fingerprint density at radius 3 is 2.83 bits per heavy atom. The number of nitrogens with one attached hydrogen (secondary N) is 1. The van der Waals surface area contributed by atoms with Crippen LogP contribution in [0.15, 0.2) is 0 Å². The summed E-state index contributed by atoms with van der Waals surface area (Å²) in [5, 5.41) is 11.6. The van der Waals surface area contributed by atoms with Gasteiger partial charge in [0.25, 0.3) is 0 Å². The van der Waals surface area contributed by atoms with Gasteiger partial charge in [0.2, 0.25) is 0 Å². The molecule has 0 aliphatic carbocycles. The van der Waals surface area contributed by atoms with Crippen molar-refractivity contribution in [1.29, 1.82) is 0 Å². The first-order valence-corrected chi connectivity index (χ1v) is 6.41. The Morgan fingerprint density at radius 1 is 1.50 bits per heavy atom. The number of urea groups is 1. The minimum absolute atomic E-state index is 0.0445. The lowest BCUT2D eigenvalue weighted by atomic mass is 10.0. The Morgan fingerprint density at radius 2 is 2.22 bits per heavy atom. The molecular weight excluding hydrogens is 234 g/mol. The largest absolute Gasteiger partial charge is 0.481 e. The van der Waals surface area contributed by atoms with Gasteiger partial charge in [-0.15, -0.1) is 0 Å². The second kappa shape index (κ2) is 7.20. The molecule has 1 aliphatic heterocycles. The molecule has 2 amide bonds. The van der Waals surface area contributed by atoms with Crippen molar-refractivity contribution in [2.75, 3.05) is 40.3 Å². The molecule has 104 valence electrons. The van der Waals surface area contributed by atoms with Crippen molar-refractivity contribution in [1.82, 2.24) is 15.1 Å². The molecule has 1 aliphatic rings. The number of carboxylic acid groups (broad SMARTS) is 1. The van der Waals surface area contributed by atoms with Crippen LogP contribution in [0.1, 0.15) is 19.3 Å². The molecule has 0 radical (unpaired) electrons. The molecule has 6 nitrogen and oxygen atoms in total. The summed E-state index contributed by atoms with van der Waals surface area (Å²) in [6.07, 6.45) is 1.78. The fraction of sp³-hybridized carbons (Fsp3) is 0.833. The van der Waals surface area contributed by atoms with Gasteiger partial charge in [0.15, 0.2) is 0 Å². The van der Waals surface area contributed by atoms with Gasteiger partial charge in [0, 0.05) is 39.6 Å². The number of likely N-dealkylation sites (N-methyl/N-ethyl adjacent to an activating group) is 2. The van der Waals surface area contributed by atoms with Crippen molar-refractivity contribution in [3.63, 3.8) is 0 Å². The zero-order valence-corrected chi connectivity index (χ0v) is 11.2. The summed E-state index contributed by atoms with van der Waals surface area (Å²) >= 11 is 0. The maximum atomic E-state index is 12.0. The van der Waals surface area contributed by atoms with Gasteiger partial charge in [-0.05, 0) is 25.8 Å². The molecule has 0 aromatic rings. The molecule has 2 N–H and O–H groups in total. The highest BCUT2D eigenvalue weighted by atomic mass is 16.4. The van der Waals surface area contributed by atoms with Gasteiger partial charge in [-0.25, -0.2) is 4.79 Å². The van der Waals surface area contributed by atoms with Crippen LogP contribution in [0.5, 0.6) is 0 Å². The van der Waals surface area contributed by atoms with Crippen molar-refractivity contribution < 1.29 is 14.7 Å². The van der Waals surface area contributed by atoms with E-state index < -0.39 is 5.97 Å². The number of likely N-dealkylation sites (tertiary alicyclic amines) is 1. The summed E-state index contributed by atoms with van der Waals surface area (Å²) in [6, 6.07) is 0.0445. The molecule has 1 fully saturated rings. The van der Waals surface area contributed by atoms with Crippen molar-refractivity contribution in [2.24, 2.45) is 5.92 Å². The van der Waals surface area contributed by atoms with Crippen molar-refractivity contribution in [2.45, 2.75) is 19.3 Å². The molecule has 0 bridgehead atoms. The van der Waals surface area contributed by atoms with Crippen molar-refractivity contribution in [3.8, 4) is 0 Å². The third kappa shape index (κ3) is 4.52. The summed E-state index contributed by atoms with van der Waals surface area (Å²) in [7, 11) is 3.65. The Bertz CT molecular complexity index is 296. The lowest BCUT2D eigenvalue weighted by Gasteiger charge is -2.24. The second-order valence-corrected chi connectivity index (χ2v) is 4.84. The van der Waals surface area contributed by atoms with Crippen LogP contribution in [-0.4, -0.2) is 67.2 Å². The van der Waals surface area contributed by atoms with Gasteiger partial charge in [-0.1, -0.05) is 0 Å². The van der Waals surface area contributed by atoms with Crippen LogP contribution in [0.25, 0.3) is 0 Å². The molecule has 0 aromatic carbocycles. The van der Waals surface area contributed by atoms with Crippen LogP contribution in [-0.2, 0) is 4.79 Å². The zero-order valence-electron chi connectivity index (χ0n) is 11.2. The molecule has 1 atom stereocenters. The zero-order chi connectivity index (χ0) is 13.5. The summed E-state index contributed by atoms with van der Waals surface area (Å²) < 4.78 is 0. The number of rotatable bonds is 6. The first-order chi connectivity index (χ1) is 8.54. The van der Waals surface area contributed by atoms with Gasteiger partial charge in [-0.2, -0.15) is 0 Å². The van der Waals surface area contributed by atoms with Crippen LogP contribution < -0.4 is 5.32 Å². The van der Waals surface area contributed by atoms with Gasteiger partial charge in [-0.3, -0.25) is 4.79 Å². The number of carboxylic acids is 1. The summed E-state index contributed by atoms with van der Waals surface area (Å²) in [5.41, 5.74) is 0. The van der Waals surface area contributed by atoms with E-state index in [-0.39, 0.29) is 12.5 Å². The van der Waals surface area contributed by atoms with Crippen LogP contribution in [0, 0.1) is 5.92 Å². The molecule has 1 unspecified atom stereocenters. The maximum Gasteiger partial charge on any atom is 0.319 e. The SMILES string of the molecule is CNCCN(C)C(=O)N1CCC(CCC(=O)O)C1. The summed E-state index contributed by atoms with van der Waals surface area (Å²) in [5.74, 6) is -0.423. The fourth-order valence-corrected chi connectivity index (χ4v) is 2.19. The van der Waals surface area contributed by atoms with Crippen LogP contribution >= 0.6 is 0 Å². The predicted molar refractivity (Wildman–Crippen MR) is 68.5 cm³/mol. The summed E-state index contributed by atoms with van der Waals surface area (Å²) in [4.78, 5) is 26.1. The van der Waals surface area contributed by atoms with Gasteiger partial charge >= 0.3 is 12.0 Å². The Labute approximate surface area is 108 Å². The number of nitrogens with zero attached hydrogens (tertiary/aromatic N) is 2. The van der Waals surface area contributed by atoms with Crippen molar-refractivity contribution in [3.05, 3.63) is 0 Å². The standard InChI is InChI=1S/C12H23N3O3/c1-13-6-8-14(2)12(18)15-7-5-10(9-15)3-4-11(16)17/h10,13H,3-9H2,1-2H3,(H,16,17). The highest BCUT2D eigenvalue weighted by Gasteiger charge is 2.27. The molecule has 1 saturated heterocycles. The average molecular weight is 257 g/mol. The molecule has 1 heterocycles. The monoisotopic (exact) mass is 257 g/mol. The van der Waals surface area contributed by atoms with Gasteiger partial charge in [0.1, 0.15) is 0 Å². The topological polar surface area (TPSA) is 72.9 Å². The molecule has 0 aromatic heterocycles. The quantitative estimate of drug-likeness (QED) is 0.724. The molecule has 0 spiro atoms. The lowest BCUT2D eigenvalue weighted by molar-refractivity contribution is -0.137. The second-order valence-electron chi connectivity index (χ2n) is 4.84. The minimum Gasteiger partial charge on any atom is -0.481 e. The third-order valence-electron chi connectivity index (χ3n) is 3.35. The van der Waals surface area contributed by atoms with E-state index in [2.05, 4.69) is 5.32 Å². The molecular formula is C12H23N3O3. The highest BCUT2D eigenvalue weighted by molar-refractivity contribution is 5.74. The Balaban J connectivity index is 2.31. The van der Waals surface area contributed by atoms with E-state index in [0.717, 1.165) is 19.5 Å². The number of carbonyl (C=O) groups excluding carboxylic acids is 1.